The Kier molecular flexibility index (Phi) is 4.63. The van der Waals surface area contributed by atoms with Crippen molar-refractivity contribution in [2.75, 3.05) is 19.6 Å². The van der Waals surface area contributed by atoms with Gasteiger partial charge in [-0.2, -0.15) is 0 Å². The van der Waals surface area contributed by atoms with Crippen molar-refractivity contribution in [3.8, 4) is 0 Å². The Bertz CT molecular complexity index is 340. The lowest BCUT2D eigenvalue weighted by atomic mass is 9.84. The summed E-state index contributed by atoms with van der Waals surface area (Å²) >= 11 is 0. The Morgan fingerprint density at radius 2 is 2.05 bits per heavy atom. The minimum absolute atomic E-state index is 0.165. The van der Waals surface area contributed by atoms with Crippen LogP contribution in [0.25, 0.3) is 0 Å². The first-order chi connectivity index (χ1) is 9.10. The first-order valence-corrected chi connectivity index (χ1v) is 7.12. The Hall–Kier alpha value is -1.30. The van der Waals surface area contributed by atoms with Gasteiger partial charge in [0.1, 0.15) is 6.04 Å². The lowest BCUT2D eigenvalue weighted by Crippen LogP contribution is -2.59. The van der Waals surface area contributed by atoms with Crippen molar-refractivity contribution in [3.63, 3.8) is 0 Å². The summed E-state index contributed by atoms with van der Waals surface area (Å²) in [5, 5.41) is 14.5. The summed E-state index contributed by atoms with van der Waals surface area (Å²) in [7, 11) is 0. The van der Waals surface area contributed by atoms with Crippen LogP contribution in [0.3, 0.4) is 0 Å². The second-order valence-electron chi connectivity index (χ2n) is 5.54. The highest BCUT2D eigenvalue weighted by Crippen LogP contribution is 2.27. The minimum Gasteiger partial charge on any atom is -0.480 e. The third-order valence-electron chi connectivity index (χ3n) is 4.15. The molecule has 3 aliphatic heterocycles. The first kappa shape index (κ1) is 14.1. The van der Waals surface area contributed by atoms with Crippen molar-refractivity contribution in [2.45, 2.75) is 44.7 Å². The number of piperidine rings is 3. The SMILES string of the molecule is CCC[C@H](NC(=O)NC1CN2CCC1CC2)C(=O)O. The summed E-state index contributed by atoms with van der Waals surface area (Å²) in [5.41, 5.74) is 0. The van der Waals surface area contributed by atoms with Gasteiger partial charge in [0.25, 0.3) is 0 Å². The number of urea groups is 1. The van der Waals surface area contributed by atoms with Crippen LogP contribution in [-0.4, -0.2) is 53.7 Å². The third kappa shape index (κ3) is 3.59. The van der Waals surface area contributed by atoms with Crippen molar-refractivity contribution < 1.29 is 14.7 Å². The fourth-order valence-corrected chi connectivity index (χ4v) is 3.04. The first-order valence-electron chi connectivity index (χ1n) is 7.12. The summed E-state index contributed by atoms with van der Waals surface area (Å²) in [6.45, 7) is 5.04. The van der Waals surface area contributed by atoms with Crippen LogP contribution in [-0.2, 0) is 4.79 Å². The largest absolute Gasteiger partial charge is 0.480 e. The van der Waals surface area contributed by atoms with Crippen molar-refractivity contribution in [1.82, 2.24) is 15.5 Å². The number of carbonyl (C=O) groups excluding carboxylic acids is 1. The molecule has 2 bridgehead atoms. The number of rotatable bonds is 5. The highest BCUT2D eigenvalue weighted by atomic mass is 16.4. The molecule has 6 heteroatoms. The van der Waals surface area contributed by atoms with Gasteiger partial charge in [0, 0.05) is 12.6 Å². The Labute approximate surface area is 113 Å². The van der Waals surface area contributed by atoms with Crippen LogP contribution in [0.15, 0.2) is 0 Å². The summed E-state index contributed by atoms with van der Waals surface area (Å²) < 4.78 is 0. The predicted molar refractivity (Wildman–Crippen MR) is 71.0 cm³/mol. The van der Waals surface area contributed by atoms with E-state index in [4.69, 9.17) is 5.11 Å². The zero-order valence-corrected chi connectivity index (χ0v) is 11.4. The topological polar surface area (TPSA) is 81.7 Å². The molecule has 0 aromatic heterocycles. The van der Waals surface area contributed by atoms with Gasteiger partial charge in [0.15, 0.2) is 0 Å². The molecule has 6 nitrogen and oxygen atoms in total. The van der Waals surface area contributed by atoms with Crippen LogP contribution >= 0.6 is 0 Å². The van der Waals surface area contributed by atoms with Crippen LogP contribution in [0, 0.1) is 5.92 Å². The molecule has 3 saturated heterocycles. The van der Waals surface area contributed by atoms with Gasteiger partial charge in [-0.15, -0.1) is 0 Å². The van der Waals surface area contributed by atoms with Gasteiger partial charge in [-0.05, 0) is 38.3 Å². The van der Waals surface area contributed by atoms with Crippen LogP contribution < -0.4 is 10.6 Å². The molecular weight excluding hydrogens is 246 g/mol. The van der Waals surface area contributed by atoms with Gasteiger partial charge < -0.3 is 20.6 Å². The molecule has 3 aliphatic rings. The number of carboxylic acids is 1. The number of amides is 2. The minimum atomic E-state index is -0.967. The van der Waals surface area contributed by atoms with E-state index in [2.05, 4.69) is 15.5 Å². The van der Waals surface area contributed by atoms with E-state index < -0.39 is 12.0 Å². The summed E-state index contributed by atoms with van der Waals surface area (Å²) in [6, 6.07) is -0.968. The van der Waals surface area contributed by atoms with Crippen LogP contribution in [0.1, 0.15) is 32.6 Å². The van der Waals surface area contributed by atoms with Gasteiger partial charge in [-0.25, -0.2) is 9.59 Å². The zero-order chi connectivity index (χ0) is 13.8. The molecule has 3 N–H and O–H groups in total. The van der Waals surface area contributed by atoms with E-state index in [0.29, 0.717) is 12.3 Å². The van der Waals surface area contributed by atoms with Gasteiger partial charge in [0.05, 0.1) is 0 Å². The predicted octanol–water partition coefficient (Wildman–Crippen LogP) is 0.633. The monoisotopic (exact) mass is 269 g/mol. The Morgan fingerprint density at radius 1 is 1.37 bits per heavy atom. The number of hydrogen-bond donors (Lipinski definition) is 3. The highest BCUT2D eigenvalue weighted by molar-refractivity contribution is 5.82. The quantitative estimate of drug-likeness (QED) is 0.684. The molecule has 0 radical (unpaired) electrons. The summed E-state index contributed by atoms with van der Waals surface area (Å²) in [5.74, 6) is -0.420. The van der Waals surface area contributed by atoms with Crippen LogP contribution in [0.2, 0.25) is 0 Å². The van der Waals surface area contributed by atoms with Crippen LogP contribution in [0.4, 0.5) is 4.79 Å². The number of fused-ring (bicyclic) bond motifs is 3. The molecule has 1 unspecified atom stereocenters. The molecule has 0 aliphatic carbocycles. The zero-order valence-electron chi connectivity index (χ0n) is 11.4. The molecule has 3 fully saturated rings. The molecule has 108 valence electrons. The van der Waals surface area contributed by atoms with E-state index in [0.717, 1.165) is 38.9 Å². The van der Waals surface area contributed by atoms with E-state index in [9.17, 15) is 9.59 Å². The van der Waals surface area contributed by atoms with Crippen molar-refractivity contribution >= 4 is 12.0 Å². The molecule has 0 spiro atoms. The van der Waals surface area contributed by atoms with Gasteiger partial charge >= 0.3 is 12.0 Å². The van der Waals surface area contributed by atoms with Crippen molar-refractivity contribution in [3.05, 3.63) is 0 Å². The molecule has 2 amide bonds. The van der Waals surface area contributed by atoms with Crippen LogP contribution in [0.5, 0.6) is 0 Å². The van der Waals surface area contributed by atoms with Gasteiger partial charge in [0.2, 0.25) is 0 Å². The maximum absolute atomic E-state index is 11.9. The second-order valence-corrected chi connectivity index (χ2v) is 5.54. The fraction of sp³-hybridized carbons (Fsp3) is 0.846. The standard InChI is InChI=1S/C13H23N3O3/c1-2-3-10(12(17)18)14-13(19)15-11-8-16-6-4-9(11)5-7-16/h9-11H,2-8H2,1H3,(H,17,18)(H2,14,15,19)/t10-,11?/m0/s1. The molecule has 2 atom stereocenters. The number of carboxylic acid groups (broad SMARTS) is 1. The maximum Gasteiger partial charge on any atom is 0.326 e. The fourth-order valence-electron chi connectivity index (χ4n) is 3.04. The smallest absolute Gasteiger partial charge is 0.326 e. The molecular formula is C13H23N3O3. The average Bonchev–Trinajstić information content (AvgIpc) is 2.39. The normalized spacial score (nSPS) is 30.7. The summed E-state index contributed by atoms with van der Waals surface area (Å²) in [4.78, 5) is 25.2. The average molecular weight is 269 g/mol. The van der Waals surface area contributed by atoms with E-state index in [1.807, 2.05) is 6.92 Å². The number of nitrogens with one attached hydrogen (secondary N) is 2. The molecule has 0 aromatic rings. The third-order valence-corrected chi connectivity index (χ3v) is 4.15. The number of nitrogens with zero attached hydrogens (tertiary/aromatic N) is 1. The molecule has 0 aromatic carbocycles. The number of carbonyl (C=O) groups is 2. The molecule has 0 saturated carbocycles. The van der Waals surface area contributed by atoms with Crippen molar-refractivity contribution in [2.24, 2.45) is 5.92 Å². The Balaban J connectivity index is 1.82. The van der Waals surface area contributed by atoms with E-state index >= 15 is 0 Å². The van der Waals surface area contributed by atoms with E-state index in [1.54, 1.807) is 0 Å². The second kappa shape index (κ2) is 6.23. The molecule has 3 heterocycles. The highest BCUT2D eigenvalue weighted by Gasteiger charge is 2.35. The molecule has 19 heavy (non-hydrogen) atoms. The summed E-state index contributed by atoms with van der Waals surface area (Å²) in [6.07, 6.45) is 3.45. The Morgan fingerprint density at radius 3 is 2.53 bits per heavy atom. The van der Waals surface area contributed by atoms with E-state index in [1.165, 1.54) is 0 Å². The van der Waals surface area contributed by atoms with Gasteiger partial charge in [-0.1, -0.05) is 13.3 Å². The lowest BCUT2D eigenvalue weighted by Gasteiger charge is -2.44. The number of hydrogen-bond acceptors (Lipinski definition) is 3. The van der Waals surface area contributed by atoms with E-state index in [-0.39, 0.29) is 12.1 Å². The lowest BCUT2D eigenvalue weighted by molar-refractivity contribution is -0.139. The van der Waals surface area contributed by atoms with Gasteiger partial charge in [-0.3, -0.25) is 0 Å². The maximum atomic E-state index is 11.9. The molecule has 3 rings (SSSR count). The van der Waals surface area contributed by atoms with Crippen molar-refractivity contribution in [1.29, 1.82) is 0 Å². The number of aliphatic carboxylic acids is 1.